The van der Waals surface area contributed by atoms with Crippen LogP contribution < -0.4 is 5.73 Å². The van der Waals surface area contributed by atoms with E-state index in [1.165, 1.54) is 0 Å². The number of pyridine rings is 1. The van der Waals surface area contributed by atoms with Gasteiger partial charge in [-0.3, -0.25) is 4.98 Å². The highest BCUT2D eigenvalue weighted by Gasteiger charge is 2.04. The molecule has 0 aliphatic heterocycles. The molecule has 0 aliphatic rings. The number of nitrogens with zero attached hydrogens (tertiary/aromatic N) is 4. The van der Waals surface area contributed by atoms with Crippen LogP contribution in [-0.4, -0.2) is 19.7 Å². The first-order valence-electron chi connectivity index (χ1n) is 5.95. The second-order valence-corrected chi connectivity index (χ2v) is 4.25. The average Bonchev–Trinajstić information content (AvgIpc) is 2.88. The van der Waals surface area contributed by atoms with Crippen LogP contribution in [0.3, 0.4) is 0 Å². The zero-order valence-corrected chi connectivity index (χ0v) is 10.3. The van der Waals surface area contributed by atoms with Crippen LogP contribution in [0.5, 0.6) is 0 Å². The van der Waals surface area contributed by atoms with Gasteiger partial charge in [-0.05, 0) is 23.8 Å². The van der Waals surface area contributed by atoms with Crippen molar-refractivity contribution in [3.05, 3.63) is 60.7 Å². The Labute approximate surface area is 110 Å². The number of nitrogen functional groups attached to an aromatic ring is 1. The van der Waals surface area contributed by atoms with Crippen molar-refractivity contribution >= 4 is 5.69 Å². The summed E-state index contributed by atoms with van der Waals surface area (Å²) in [5, 5.41) is 4.44. The van der Waals surface area contributed by atoms with E-state index >= 15 is 0 Å². The molecule has 0 aliphatic carbocycles. The monoisotopic (exact) mass is 251 g/mol. The molecule has 19 heavy (non-hydrogen) atoms. The molecule has 0 radical (unpaired) electrons. The Hall–Kier alpha value is -2.69. The summed E-state index contributed by atoms with van der Waals surface area (Å²) < 4.78 is 1.79. The van der Waals surface area contributed by atoms with Crippen LogP contribution in [0.4, 0.5) is 5.69 Å². The SMILES string of the molecule is Nc1cccc(-c2ncn(Cc3cccnc3)n2)c1. The molecule has 5 nitrogen and oxygen atoms in total. The highest BCUT2D eigenvalue weighted by Crippen LogP contribution is 2.17. The fourth-order valence-electron chi connectivity index (χ4n) is 1.86. The molecule has 0 unspecified atom stereocenters. The first-order chi connectivity index (χ1) is 9.31. The van der Waals surface area contributed by atoms with Gasteiger partial charge in [0.2, 0.25) is 0 Å². The Balaban J connectivity index is 1.84. The summed E-state index contributed by atoms with van der Waals surface area (Å²) in [7, 11) is 0. The predicted molar refractivity (Wildman–Crippen MR) is 73.2 cm³/mol. The van der Waals surface area contributed by atoms with E-state index in [9.17, 15) is 0 Å². The molecule has 0 spiro atoms. The van der Waals surface area contributed by atoms with Crippen LogP contribution in [0.15, 0.2) is 55.1 Å². The van der Waals surface area contributed by atoms with Crippen molar-refractivity contribution < 1.29 is 0 Å². The highest BCUT2D eigenvalue weighted by molar-refractivity contribution is 5.60. The number of rotatable bonds is 3. The Bertz CT molecular complexity index is 675. The lowest BCUT2D eigenvalue weighted by Crippen LogP contribution is -2.00. The third kappa shape index (κ3) is 2.60. The van der Waals surface area contributed by atoms with Gasteiger partial charge in [0, 0.05) is 23.6 Å². The summed E-state index contributed by atoms with van der Waals surface area (Å²) in [4.78, 5) is 8.38. The van der Waals surface area contributed by atoms with Crippen molar-refractivity contribution in [1.29, 1.82) is 0 Å². The van der Waals surface area contributed by atoms with Crippen molar-refractivity contribution in [3.8, 4) is 11.4 Å². The molecule has 0 saturated carbocycles. The molecule has 2 heterocycles. The molecule has 0 fully saturated rings. The van der Waals surface area contributed by atoms with E-state index in [0.717, 1.165) is 11.1 Å². The van der Waals surface area contributed by atoms with Gasteiger partial charge in [0.25, 0.3) is 0 Å². The minimum atomic E-state index is 0.656. The largest absolute Gasteiger partial charge is 0.399 e. The Morgan fingerprint density at radius 3 is 2.89 bits per heavy atom. The van der Waals surface area contributed by atoms with Gasteiger partial charge in [-0.1, -0.05) is 18.2 Å². The zero-order chi connectivity index (χ0) is 13.1. The van der Waals surface area contributed by atoms with E-state index in [0.29, 0.717) is 18.1 Å². The van der Waals surface area contributed by atoms with E-state index in [-0.39, 0.29) is 0 Å². The number of anilines is 1. The number of nitrogens with two attached hydrogens (primary N) is 1. The van der Waals surface area contributed by atoms with Gasteiger partial charge < -0.3 is 5.73 Å². The van der Waals surface area contributed by atoms with Gasteiger partial charge in [-0.2, -0.15) is 5.10 Å². The molecule has 1 aromatic carbocycles. The van der Waals surface area contributed by atoms with Crippen LogP contribution in [0, 0.1) is 0 Å². The van der Waals surface area contributed by atoms with E-state index in [4.69, 9.17) is 5.73 Å². The predicted octanol–water partition coefficient (Wildman–Crippen LogP) is 1.97. The second-order valence-electron chi connectivity index (χ2n) is 4.25. The second kappa shape index (κ2) is 4.89. The van der Waals surface area contributed by atoms with E-state index in [1.54, 1.807) is 17.2 Å². The number of benzene rings is 1. The molecular formula is C14H13N5. The zero-order valence-electron chi connectivity index (χ0n) is 10.3. The van der Waals surface area contributed by atoms with E-state index < -0.39 is 0 Å². The molecule has 0 atom stereocenters. The van der Waals surface area contributed by atoms with E-state index in [2.05, 4.69) is 15.1 Å². The Kier molecular flexibility index (Phi) is 2.94. The van der Waals surface area contributed by atoms with Gasteiger partial charge in [0.05, 0.1) is 6.54 Å². The van der Waals surface area contributed by atoms with Gasteiger partial charge in [0.1, 0.15) is 6.33 Å². The molecule has 0 saturated heterocycles. The number of hydrogen-bond acceptors (Lipinski definition) is 4. The maximum atomic E-state index is 5.76. The van der Waals surface area contributed by atoms with Crippen LogP contribution in [0.1, 0.15) is 5.56 Å². The third-order valence-electron chi connectivity index (χ3n) is 2.75. The maximum absolute atomic E-state index is 5.76. The van der Waals surface area contributed by atoms with Crippen LogP contribution >= 0.6 is 0 Å². The lowest BCUT2D eigenvalue weighted by Gasteiger charge is -2.00. The molecule has 94 valence electrons. The van der Waals surface area contributed by atoms with Crippen LogP contribution in [0.2, 0.25) is 0 Å². The Morgan fingerprint density at radius 1 is 1.16 bits per heavy atom. The molecular weight excluding hydrogens is 238 g/mol. The average molecular weight is 251 g/mol. The molecule has 3 rings (SSSR count). The van der Waals surface area contributed by atoms with Crippen molar-refractivity contribution in [1.82, 2.24) is 19.7 Å². The summed E-state index contributed by atoms with van der Waals surface area (Å²) in [5.41, 5.74) is 8.48. The summed E-state index contributed by atoms with van der Waals surface area (Å²) >= 11 is 0. The summed E-state index contributed by atoms with van der Waals surface area (Å²) in [6.45, 7) is 0.656. The number of hydrogen-bond donors (Lipinski definition) is 1. The molecule has 0 bridgehead atoms. The van der Waals surface area contributed by atoms with Crippen LogP contribution in [-0.2, 0) is 6.54 Å². The lowest BCUT2D eigenvalue weighted by molar-refractivity contribution is 0.685. The minimum absolute atomic E-state index is 0.656. The molecule has 2 aromatic heterocycles. The van der Waals surface area contributed by atoms with E-state index in [1.807, 2.05) is 42.6 Å². The highest BCUT2D eigenvalue weighted by atomic mass is 15.3. The van der Waals surface area contributed by atoms with Crippen molar-refractivity contribution in [2.45, 2.75) is 6.54 Å². The summed E-state index contributed by atoms with van der Waals surface area (Å²) in [5.74, 6) is 0.677. The quantitative estimate of drug-likeness (QED) is 0.722. The summed E-state index contributed by atoms with van der Waals surface area (Å²) in [6, 6.07) is 11.5. The maximum Gasteiger partial charge on any atom is 0.181 e. The van der Waals surface area contributed by atoms with Crippen LogP contribution in [0.25, 0.3) is 11.4 Å². The van der Waals surface area contributed by atoms with Gasteiger partial charge in [0.15, 0.2) is 5.82 Å². The van der Waals surface area contributed by atoms with Crippen molar-refractivity contribution in [2.75, 3.05) is 5.73 Å². The molecule has 0 amide bonds. The third-order valence-corrected chi connectivity index (χ3v) is 2.75. The standard InChI is InChI=1S/C14H13N5/c15-13-5-1-4-12(7-13)14-17-10-19(18-14)9-11-3-2-6-16-8-11/h1-8,10H,9,15H2. The lowest BCUT2D eigenvalue weighted by atomic mass is 10.2. The fraction of sp³-hybridized carbons (Fsp3) is 0.0714. The van der Waals surface area contributed by atoms with Gasteiger partial charge in [-0.15, -0.1) is 0 Å². The topological polar surface area (TPSA) is 69.6 Å². The fourth-order valence-corrected chi connectivity index (χ4v) is 1.86. The van der Waals surface area contributed by atoms with Crippen molar-refractivity contribution in [3.63, 3.8) is 0 Å². The summed E-state index contributed by atoms with van der Waals surface area (Å²) in [6.07, 6.45) is 5.29. The molecule has 3 aromatic rings. The number of aromatic nitrogens is 4. The first-order valence-corrected chi connectivity index (χ1v) is 5.95. The normalized spacial score (nSPS) is 10.5. The minimum Gasteiger partial charge on any atom is -0.399 e. The van der Waals surface area contributed by atoms with Gasteiger partial charge >= 0.3 is 0 Å². The van der Waals surface area contributed by atoms with Crippen molar-refractivity contribution in [2.24, 2.45) is 0 Å². The van der Waals surface area contributed by atoms with Gasteiger partial charge in [-0.25, -0.2) is 9.67 Å². The molecule has 5 heteroatoms. The Morgan fingerprint density at radius 2 is 2.11 bits per heavy atom. The molecule has 2 N–H and O–H groups in total. The smallest absolute Gasteiger partial charge is 0.181 e. The first kappa shape index (κ1) is 11.4.